The lowest BCUT2D eigenvalue weighted by Gasteiger charge is -2.50. The summed E-state index contributed by atoms with van der Waals surface area (Å²) in [6.07, 6.45) is 2.45. The van der Waals surface area contributed by atoms with Crippen LogP contribution in [0.3, 0.4) is 0 Å². The van der Waals surface area contributed by atoms with E-state index in [0.29, 0.717) is 5.92 Å². The zero-order valence-corrected chi connectivity index (χ0v) is 14.0. The molecule has 112 valence electrons. The van der Waals surface area contributed by atoms with Crippen molar-refractivity contribution < 1.29 is 4.74 Å². The second-order valence-electron chi connectivity index (χ2n) is 7.04. The van der Waals surface area contributed by atoms with Crippen LogP contribution in [0.4, 0.5) is 0 Å². The molecule has 0 aromatic heterocycles. The molecule has 1 aliphatic rings. The first-order valence-corrected chi connectivity index (χ1v) is 7.75. The van der Waals surface area contributed by atoms with Crippen molar-refractivity contribution in [1.82, 2.24) is 5.32 Å². The number of ether oxygens (including phenoxy) is 1. The first-order valence-electron chi connectivity index (χ1n) is 7.37. The van der Waals surface area contributed by atoms with Gasteiger partial charge in [0, 0.05) is 28.1 Å². The maximum absolute atomic E-state index is 6.22. The quantitative estimate of drug-likeness (QED) is 0.889. The summed E-state index contributed by atoms with van der Waals surface area (Å²) in [5.74, 6) is 1.60. The SMILES string of the molecule is COc1ccc(Cl)cc1C1(CNC(C)(C)C)CCC1C. The summed E-state index contributed by atoms with van der Waals surface area (Å²) in [6.45, 7) is 9.92. The van der Waals surface area contributed by atoms with Gasteiger partial charge in [-0.3, -0.25) is 0 Å². The standard InChI is InChI=1S/C17H26ClNO/c1-12-8-9-17(12,11-19-16(2,3)4)14-10-13(18)6-7-15(14)20-5/h6-7,10,12,19H,8-9,11H2,1-5H3. The average molecular weight is 296 g/mol. The molecule has 1 aromatic rings. The highest BCUT2D eigenvalue weighted by molar-refractivity contribution is 6.30. The normalized spacial score (nSPS) is 26.2. The van der Waals surface area contributed by atoms with Crippen molar-refractivity contribution in [3.8, 4) is 5.75 Å². The van der Waals surface area contributed by atoms with E-state index in [1.165, 1.54) is 18.4 Å². The van der Waals surface area contributed by atoms with Crippen LogP contribution < -0.4 is 10.1 Å². The number of halogens is 1. The molecule has 0 aliphatic heterocycles. The van der Waals surface area contributed by atoms with Crippen LogP contribution in [0.1, 0.15) is 46.1 Å². The molecule has 3 heteroatoms. The maximum Gasteiger partial charge on any atom is 0.122 e. The van der Waals surface area contributed by atoms with Crippen molar-refractivity contribution in [3.05, 3.63) is 28.8 Å². The number of benzene rings is 1. The van der Waals surface area contributed by atoms with Gasteiger partial charge in [0.2, 0.25) is 0 Å². The zero-order valence-electron chi connectivity index (χ0n) is 13.2. The van der Waals surface area contributed by atoms with Gasteiger partial charge in [-0.2, -0.15) is 0 Å². The van der Waals surface area contributed by atoms with E-state index in [1.807, 2.05) is 12.1 Å². The van der Waals surface area contributed by atoms with Gasteiger partial charge in [-0.1, -0.05) is 18.5 Å². The topological polar surface area (TPSA) is 21.3 Å². The van der Waals surface area contributed by atoms with Crippen molar-refractivity contribution in [3.63, 3.8) is 0 Å². The third kappa shape index (κ3) is 2.96. The van der Waals surface area contributed by atoms with E-state index >= 15 is 0 Å². The highest BCUT2D eigenvalue weighted by Crippen LogP contribution is 2.51. The predicted molar refractivity (Wildman–Crippen MR) is 85.8 cm³/mol. The summed E-state index contributed by atoms with van der Waals surface area (Å²) in [4.78, 5) is 0. The molecule has 0 heterocycles. The fourth-order valence-corrected chi connectivity index (χ4v) is 3.20. The van der Waals surface area contributed by atoms with Gasteiger partial charge in [0.1, 0.15) is 5.75 Å². The van der Waals surface area contributed by atoms with Crippen molar-refractivity contribution in [2.75, 3.05) is 13.7 Å². The number of nitrogens with one attached hydrogen (secondary N) is 1. The van der Waals surface area contributed by atoms with Crippen LogP contribution >= 0.6 is 11.6 Å². The minimum Gasteiger partial charge on any atom is -0.496 e. The van der Waals surface area contributed by atoms with Crippen LogP contribution in [-0.2, 0) is 5.41 Å². The summed E-state index contributed by atoms with van der Waals surface area (Å²) in [5, 5.41) is 4.45. The van der Waals surface area contributed by atoms with Gasteiger partial charge < -0.3 is 10.1 Å². The maximum atomic E-state index is 6.22. The molecule has 0 radical (unpaired) electrons. The van der Waals surface area contributed by atoms with Gasteiger partial charge in [0.05, 0.1) is 7.11 Å². The molecule has 2 nitrogen and oxygen atoms in total. The summed E-state index contributed by atoms with van der Waals surface area (Å²) in [7, 11) is 1.74. The Bertz CT molecular complexity index is 480. The van der Waals surface area contributed by atoms with Crippen LogP contribution in [0.15, 0.2) is 18.2 Å². The van der Waals surface area contributed by atoms with E-state index in [4.69, 9.17) is 16.3 Å². The fraction of sp³-hybridized carbons (Fsp3) is 0.647. The third-order valence-corrected chi connectivity index (χ3v) is 4.83. The molecule has 2 unspecified atom stereocenters. The Labute approximate surface area is 127 Å². The number of hydrogen-bond acceptors (Lipinski definition) is 2. The second kappa shape index (κ2) is 5.57. The summed E-state index contributed by atoms with van der Waals surface area (Å²) >= 11 is 6.22. The van der Waals surface area contributed by atoms with E-state index in [9.17, 15) is 0 Å². The van der Waals surface area contributed by atoms with Crippen molar-refractivity contribution >= 4 is 11.6 Å². The molecule has 1 saturated carbocycles. The molecule has 1 N–H and O–H groups in total. The zero-order chi connectivity index (χ0) is 15.0. The van der Waals surface area contributed by atoms with Crippen LogP contribution in [0, 0.1) is 5.92 Å². The molecule has 0 bridgehead atoms. The van der Waals surface area contributed by atoms with Gasteiger partial charge in [-0.15, -0.1) is 0 Å². The number of rotatable bonds is 4. The lowest BCUT2D eigenvalue weighted by atomic mass is 9.57. The van der Waals surface area contributed by atoms with Crippen LogP contribution in [-0.4, -0.2) is 19.2 Å². The van der Waals surface area contributed by atoms with Crippen molar-refractivity contribution in [2.24, 2.45) is 5.92 Å². The lowest BCUT2D eigenvalue weighted by Crippen LogP contribution is -2.54. The van der Waals surface area contributed by atoms with Gasteiger partial charge in [-0.05, 0) is 57.7 Å². The Balaban J connectivity index is 2.36. The summed E-state index contributed by atoms with van der Waals surface area (Å²) in [5.41, 5.74) is 1.51. The Morgan fingerprint density at radius 3 is 2.55 bits per heavy atom. The van der Waals surface area contributed by atoms with Gasteiger partial charge in [0.15, 0.2) is 0 Å². The van der Waals surface area contributed by atoms with Crippen LogP contribution in [0.2, 0.25) is 5.02 Å². The van der Waals surface area contributed by atoms with E-state index in [2.05, 4.69) is 39.1 Å². The first kappa shape index (κ1) is 15.7. The van der Waals surface area contributed by atoms with Gasteiger partial charge in [0.25, 0.3) is 0 Å². The highest BCUT2D eigenvalue weighted by Gasteiger charge is 2.47. The Hall–Kier alpha value is -0.730. The van der Waals surface area contributed by atoms with E-state index in [1.54, 1.807) is 7.11 Å². The predicted octanol–water partition coefficient (Wildman–Crippen LogP) is 4.40. The molecule has 2 atom stereocenters. The highest BCUT2D eigenvalue weighted by atomic mass is 35.5. The van der Waals surface area contributed by atoms with Gasteiger partial charge in [-0.25, -0.2) is 0 Å². The number of hydrogen-bond donors (Lipinski definition) is 1. The largest absolute Gasteiger partial charge is 0.496 e. The molecular weight excluding hydrogens is 270 g/mol. The molecule has 20 heavy (non-hydrogen) atoms. The van der Waals surface area contributed by atoms with Crippen molar-refractivity contribution in [2.45, 2.75) is 51.5 Å². The molecule has 0 saturated heterocycles. The summed E-state index contributed by atoms with van der Waals surface area (Å²) < 4.78 is 5.58. The molecule has 1 aliphatic carbocycles. The molecule has 0 amide bonds. The van der Waals surface area contributed by atoms with E-state index in [0.717, 1.165) is 17.3 Å². The van der Waals surface area contributed by atoms with E-state index < -0.39 is 0 Å². The minimum atomic E-state index is 0.119. The van der Waals surface area contributed by atoms with Gasteiger partial charge >= 0.3 is 0 Å². The lowest BCUT2D eigenvalue weighted by molar-refractivity contribution is 0.120. The summed E-state index contributed by atoms with van der Waals surface area (Å²) in [6, 6.07) is 5.97. The van der Waals surface area contributed by atoms with Crippen molar-refractivity contribution in [1.29, 1.82) is 0 Å². The Morgan fingerprint density at radius 1 is 1.40 bits per heavy atom. The molecule has 1 aromatic carbocycles. The first-order chi connectivity index (χ1) is 9.28. The molecule has 2 rings (SSSR count). The fourth-order valence-electron chi connectivity index (χ4n) is 3.03. The third-order valence-electron chi connectivity index (χ3n) is 4.60. The molecular formula is C17H26ClNO. The molecule has 1 fully saturated rings. The van der Waals surface area contributed by atoms with E-state index in [-0.39, 0.29) is 11.0 Å². The Kier molecular flexibility index (Phi) is 4.36. The smallest absolute Gasteiger partial charge is 0.122 e. The average Bonchev–Trinajstić information content (AvgIpc) is 2.36. The minimum absolute atomic E-state index is 0.119. The van der Waals surface area contributed by atoms with Crippen LogP contribution in [0.25, 0.3) is 0 Å². The second-order valence-corrected chi connectivity index (χ2v) is 7.48. The monoisotopic (exact) mass is 295 g/mol. The Morgan fingerprint density at radius 2 is 2.10 bits per heavy atom. The van der Waals surface area contributed by atoms with Crippen LogP contribution in [0.5, 0.6) is 5.75 Å². The number of methoxy groups -OCH3 is 1. The molecule has 0 spiro atoms.